The van der Waals surface area contributed by atoms with E-state index in [1.165, 1.54) is 22.3 Å². The zero-order valence-electron chi connectivity index (χ0n) is 14.5. The first kappa shape index (κ1) is 16.8. The first-order valence-corrected chi connectivity index (χ1v) is 10.8. The molecule has 1 saturated heterocycles. The standard InChI is InChI=1S/C19H22N2O2S2/c1-13-5-7-17-16(10-13)11-18(20-17)15-4-3-9-21(12-15)25(22,23)19-8-6-14(2)24-19/h5-8,10-11,15,20H,3-4,9,12H2,1-2H3. The highest BCUT2D eigenvalue weighted by Crippen LogP contribution is 2.33. The minimum Gasteiger partial charge on any atom is -0.358 e. The van der Waals surface area contributed by atoms with E-state index in [1.54, 1.807) is 10.4 Å². The maximum atomic E-state index is 12.9. The zero-order valence-corrected chi connectivity index (χ0v) is 16.1. The van der Waals surface area contributed by atoms with Crippen LogP contribution in [0.5, 0.6) is 0 Å². The number of aromatic amines is 1. The fraction of sp³-hybridized carbons (Fsp3) is 0.368. The van der Waals surface area contributed by atoms with Crippen LogP contribution in [0.25, 0.3) is 10.9 Å². The third-order valence-electron chi connectivity index (χ3n) is 4.93. The lowest BCUT2D eigenvalue weighted by atomic mass is 9.96. The molecular formula is C19H22N2O2S2. The number of sulfonamides is 1. The highest BCUT2D eigenvalue weighted by molar-refractivity contribution is 7.91. The molecule has 1 atom stereocenters. The second-order valence-electron chi connectivity index (χ2n) is 6.88. The first-order valence-electron chi connectivity index (χ1n) is 8.59. The van der Waals surface area contributed by atoms with Crippen LogP contribution in [0, 0.1) is 13.8 Å². The third kappa shape index (κ3) is 3.14. The van der Waals surface area contributed by atoms with E-state index in [-0.39, 0.29) is 5.92 Å². The zero-order chi connectivity index (χ0) is 17.6. The van der Waals surface area contributed by atoms with Crippen LogP contribution in [0.3, 0.4) is 0 Å². The van der Waals surface area contributed by atoms with Crippen LogP contribution in [0.1, 0.15) is 34.9 Å². The summed E-state index contributed by atoms with van der Waals surface area (Å²) in [7, 11) is -3.38. The van der Waals surface area contributed by atoms with Crippen LogP contribution in [-0.4, -0.2) is 30.8 Å². The van der Waals surface area contributed by atoms with Gasteiger partial charge in [-0.15, -0.1) is 11.3 Å². The summed E-state index contributed by atoms with van der Waals surface area (Å²) in [5.41, 5.74) is 3.50. The molecule has 6 heteroatoms. The van der Waals surface area contributed by atoms with E-state index < -0.39 is 10.0 Å². The van der Waals surface area contributed by atoms with Crippen molar-refractivity contribution in [1.29, 1.82) is 0 Å². The molecule has 0 bridgehead atoms. The van der Waals surface area contributed by atoms with Gasteiger partial charge in [-0.1, -0.05) is 11.6 Å². The molecule has 1 aromatic carbocycles. The van der Waals surface area contributed by atoms with Gasteiger partial charge in [-0.05, 0) is 62.4 Å². The fourth-order valence-corrected chi connectivity index (χ4v) is 6.55. The van der Waals surface area contributed by atoms with Gasteiger partial charge in [-0.3, -0.25) is 0 Å². The van der Waals surface area contributed by atoms with Gasteiger partial charge in [0.1, 0.15) is 4.21 Å². The van der Waals surface area contributed by atoms with Gasteiger partial charge in [0.2, 0.25) is 0 Å². The normalized spacial score (nSPS) is 19.5. The van der Waals surface area contributed by atoms with Crippen molar-refractivity contribution in [3.05, 3.63) is 52.5 Å². The van der Waals surface area contributed by atoms with Crippen molar-refractivity contribution in [1.82, 2.24) is 9.29 Å². The van der Waals surface area contributed by atoms with Crippen LogP contribution < -0.4 is 0 Å². The van der Waals surface area contributed by atoms with Crippen molar-refractivity contribution in [3.8, 4) is 0 Å². The van der Waals surface area contributed by atoms with Gasteiger partial charge in [-0.2, -0.15) is 4.31 Å². The Hall–Kier alpha value is -1.63. The Balaban J connectivity index is 1.61. The molecule has 0 aliphatic carbocycles. The Morgan fingerprint density at radius 1 is 1.16 bits per heavy atom. The van der Waals surface area contributed by atoms with E-state index in [0.29, 0.717) is 17.3 Å². The van der Waals surface area contributed by atoms with Crippen LogP contribution in [0.15, 0.2) is 40.6 Å². The summed E-state index contributed by atoms with van der Waals surface area (Å²) in [5.74, 6) is 0.220. The van der Waals surface area contributed by atoms with Crippen molar-refractivity contribution in [2.24, 2.45) is 0 Å². The molecule has 25 heavy (non-hydrogen) atoms. The van der Waals surface area contributed by atoms with Gasteiger partial charge < -0.3 is 4.98 Å². The van der Waals surface area contributed by atoms with Gasteiger partial charge in [0, 0.05) is 35.1 Å². The molecule has 4 rings (SSSR count). The molecule has 4 nitrogen and oxygen atoms in total. The van der Waals surface area contributed by atoms with E-state index in [4.69, 9.17) is 0 Å². The molecule has 0 amide bonds. The molecule has 0 saturated carbocycles. The van der Waals surface area contributed by atoms with Gasteiger partial charge in [0.15, 0.2) is 0 Å². The van der Waals surface area contributed by atoms with Crippen LogP contribution in [0.2, 0.25) is 0 Å². The van der Waals surface area contributed by atoms with Gasteiger partial charge >= 0.3 is 0 Å². The summed E-state index contributed by atoms with van der Waals surface area (Å²) in [6.45, 7) is 5.18. The average molecular weight is 375 g/mol. The van der Waals surface area contributed by atoms with Gasteiger partial charge in [0.25, 0.3) is 10.0 Å². The van der Waals surface area contributed by atoms with Gasteiger partial charge in [0.05, 0.1) is 0 Å². The summed E-state index contributed by atoms with van der Waals surface area (Å²) in [4.78, 5) is 4.52. The number of aromatic nitrogens is 1. The third-order valence-corrected chi connectivity index (χ3v) is 8.26. The number of aryl methyl sites for hydroxylation is 2. The Kier molecular flexibility index (Phi) is 4.22. The number of nitrogens with one attached hydrogen (secondary N) is 1. The maximum absolute atomic E-state index is 12.9. The molecule has 1 aliphatic heterocycles. The monoisotopic (exact) mass is 374 g/mol. The number of thiophene rings is 1. The number of rotatable bonds is 3. The topological polar surface area (TPSA) is 53.2 Å². The van der Waals surface area contributed by atoms with E-state index in [1.807, 2.05) is 13.0 Å². The van der Waals surface area contributed by atoms with Crippen molar-refractivity contribution in [2.45, 2.75) is 36.8 Å². The SMILES string of the molecule is Cc1ccc2[nH]c(C3CCCN(S(=O)(=O)c4ccc(C)s4)C3)cc2c1. The number of fused-ring (bicyclic) bond motifs is 1. The smallest absolute Gasteiger partial charge is 0.252 e. The van der Waals surface area contributed by atoms with Crippen molar-refractivity contribution in [3.63, 3.8) is 0 Å². The molecular weight excluding hydrogens is 352 g/mol. The summed E-state index contributed by atoms with van der Waals surface area (Å²) >= 11 is 1.35. The number of hydrogen-bond acceptors (Lipinski definition) is 3. The predicted octanol–water partition coefficient (Wildman–Crippen LogP) is 4.41. The van der Waals surface area contributed by atoms with Crippen LogP contribution in [0.4, 0.5) is 0 Å². The number of nitrogens with zero attached hydrogens (tertiary/aromatic N) is 1. The summed E-state index contributed by atoms with van der Waals surface area (Å²) < 4.78 is 28.0. The van der Waals surface area contributed by atoms with Crippen molar-refractivity contribution >= 4 is 32.3 Å². The first-order chi connectivity index (χ1) is 11.9. The lowest BCUT2D eigenvalue weighted by molar-refractivity contribution is 0.314. The highest BCUT2D eigenvalue weighted by atomic mass is 32.2. The Morgan fingerprint density at radius 2 is 2.00 bits per heavy atom. The molecule has 1 fully saturated rings. The van der Waals surface area contributed by atoms with Crippen molar-refractivity contribution < 1.29 is 8.42 Å². The predicted molar refractivity (Wildman–Crippen MR) is 103 cm³/mol. The molecule has 0 radical (unpaired) electrons. The number of hydrogen-bond donors (Lipinski definition) is 1. The Labute approximate surface area is 152 Å². The second-order valence-corrected chi connectivity index (χ2v) is 10.3. The van der Waals surface area contributed by atoms with Crippen LogP contribution >= 0.6 is 11.3 Å². The lowest BCUT2D eigenvalue weighted by Gasteiger charge is -2.31. The summed E-state index contributed by atoms with van der Waals surface area (Å²) in [5, 5.41) is 1.20. The second kappa shape index (κ2) is 6.27. The van der Waals surface area contributed by atoms with E-state index >= 15 is 0 Å². The largest absolute Gasteiger partial charge is 0.358 e. The maximum Gasteiger partial charge on any atom is 0.252 e. The molecule has 1 aliphatic rings. The number of piperidine rings is 1. The highest BCUT2D eigenvalue weighted by Gasteiger charge is 2.32. The number of H-pyrrole nitrogens is 1. The molecule has 3 heterocycles. The molecule has 1 unspecified atom stereocenters. The Bertz CT molecular complexity index is 1020. The minimum absolute atomic E-state index is 0.220. The Morgan fingerprint density at radius 3 is 2.76 bits per heavy atom. The van der Waals surface area contributed by atoms with E-state index in [0.717, 1.165) is 28.9 Å². The van der Waals surface area contributed by atoms with E-state index in [2.05, 4.69) is 36.2 Å². The quantitative estimate of drug-likeness (QED) is 0.738. The lowest BCUT2D eigenvalue weighted by Crippen LogP contribution is -2.38. The van der Waals surface area contributed by atoms with Crippen molar-refractivity contribution in [2.75, 3.05) is 13.1 Å². The minimum atomic E-state index is -3.38. The molecule has 2 aromatic heterocycles. The van der Waals surface area contributed by atoms with Crippen LogP contribution in [-0.2, 0) is 10.0 Å². The van der Waals surface area contributed by atoms with E-state index in [9.17, 15) is 8.42 Å². The molecule has 0 spiro atoms. The summed E-state index contributed by atoms with van der Waals surface area (Å²) in [6.07, 6.45) is 1.91. The number of benzene rings is 1. The molecule has 3 aromatic rings. The molecule has 1 N–H and O–H groups in total. The molecule has 132 valence electrons. The van der Waals surface area contributed by atoms with Gasteiger partial charge in [-0.25, -0.2) is 8.42 Å². The summed E-state index contributed by atoms with van der Waals surface area (Å²) in [6, 6.07) is 12.1. The average Bonchev–Trinajstić information content (AvgIpc) is 3.21. The fourth-order valence-electron chi connectivity index (χ4n) is 3.59.